The van der Waals surface area contributed by atoms with Gasteiger partial charge in [-0.1, -0.05) is 34.1 Å². The first-order valence-electron chi connectivity index (χ1n) is 4.93. The summed E-state index contributed by atoms with van der Waals surface area (Å²) in [5, 5.41) is 0. The average Bonchev–Trinajstić information content (AvgIpc) is 2.16. The van der Waals surface area contributed by atoms with Crippen molar-refractivity contribution < 1.29 is 31.1 Å². The quantitative estimate of drug-likeness (QED) is 0.744. The zero-order valence-corrected chi connectivity index (χ0v) is 10.7. The predicted molar refractivity (Wildman–Crippen MR) is 58.5 cm³/mol. The summed E-state index contributed by atoms with van der Waals surface area (Å²) in [6.45, 7) is 0. The van der Waals surface area contributed by atoms with Crippen molar-refractivity contribution in [3.63, 3.8) is 0 Å². The lowest BCUT2D eigenvalue weighted by Gasteiger charge is -2.21. The van der Waals surface area contributed by atoms with Gasteiger partial charge in [0.05, 0.1) is 0 Å². The van der Waals surface area contributed by atoms with Crippen LogP contribution in [-0.4, -0.2) is 18.1 Å². The van der Waals surface area contributed by atoms with Crippen LogP contribution in [-0.2, 0) is 11.2 Å². The highest BCUT2D eigenvalue weighted by molar-refractivity contribution is 9.10. The van der Waals surface area contributed by atoms with Crippen LogP contribution < -0.4 is 0 Å². The largest absolute Gasteiger partial charge is 0.407 e. The molecule has 8 heteroatoms. The summed E-state index contributed by atoms with van der Waals surface area (Å²) in [5.41, 5.74) is 0.0750. The fourth-order valence-electron chi connectivity index (χ4n) is 1.48. The van der Waals surface area contributed by atoms with E-state index in [1.54, 1.807) is 0 Å². The Hall–Kier alpha value is -1.05. The number of carbonyl (C=O) groups excluding carboxylic acids is 1. The third kappa shape index (κ3) is 4.22. The van der Waals surface area contributed by atoms with E-state index in [9.17, 15) is 31.1 Å². The van der Waals surface area contributed by atoms with E-state index >= 15 is 0 Å². The molecule has 0 atom stereocenters. The zero-order valence-electron chi connectivity index (χ0n) is 9.15. The van der Waals surface area contributed by atoms with Crippen molar-refractivity contribution in [2.45, 2.75) is 18.8 Å². The number of hydrogen-bond donors (Lipinski definition) is 0. The molecule has 0 spiro atoms. The van der Waals surface area contributed by atoms with Gasteiger partial charge in [0.1, 0.15) is 0 Å². The summed E-state index contributed by atoms with van der Waals surface area (Å²) in [5.74, 6) is -5.88. The molecule has 0 saturated carbocycles. The molecular weight excluding hydrogens is 342 g/mol. The standard InChI is InChI=1S/C11H7BrF6O/c12-7-4-2-1-3-6(7)5-8(19)9(10(13,14)15)11(16,17)18/h1-4,9H,5H2. The molecule has 1 rings (SSSR count). The minimum absolute atomic E-state index is 0.0750. The molecule has 0 N–H and O–H groups in total. The molecular formula is C11H7BrF6O. The van der Waals surface area contributed by atoms with Gasteiger partial charge in [0.15, 0.2) is 5.78 Å². The van der Waals surface area contributed by atoms with Crippen LogP contribution in [0.25, 0.3) is 0 Å². The van der Waals surface area contributed by atoms with E-state index in [0.29, 0.717) is 0 Å². The van der Waals surface area contributed by atoms with Gasteiger partial charge in [0.2, 0.25) is 5.92 Å². The summed E-state index contributed by atoms with van der Waals surface area (Å²) in [6, 6.07) is 5.66. The Bertz CT molecular complexity index is 451. The highest BCUT2D eigenvalue weighted by Crippen LogP contribution is 2.40. The van der Waals surface area contributed by atoms with Gasteiger partial charge in [0, 0.05) is 10.9 Å². The minimum atomic E-state index is -5.64. The Morgan fingerprint density at radius 3 is 1.95 bits per heavy atom. The maximum atomic E-state index is 12.3. The topological polar surface area (TPSA) is 17.1 Å². The molecule has 0 aliphatic rings. The number of Topliss-reactive ketones (excluding diaryl/α,β-unsaturated/α-hetero) is 1. The third-order valence-electron chi connectivity index (χ3n) is 2.30. The fraction of sp³-hybridized carbons (Fsp3) is 0.364. The summed E-state index contributed by atoms with van der Waals surface area (Å²) in [6.07, 6.45) is -12.2. The summed E-state index contributed by atoms with van der Waals surface area (Å²) in [7, 11) is 0. The number of rotatable bonds is 3. The molecule has 0 aromatic heterocycles. The highest BCUT2D eigenvalue weighted by Gasteiger charge is 2.60. The first kappa shape index (κ1) is 16.0. The first-order chi connectivity index (χ1) is 8.53. The van der Waals surface area contributed by atoms with Gasteiger partial charge in [-0.15, -0.1) is 0 Å². The van der Waals surface area contributed by atoms with Gasteiger partial charge >= 0.3 is 12.4 Å². The monoisotopic (exact) mass is 348 g/mol. The van der Waals surface area contributed by atoms with Gasteiger partial charge < -0.3 is 0 Å². The minimum Gasteiger partial charge on any atom is -0.298 e. The molecule has 1 aromatic rings. The summed E-state index contributed by atoms with van der Waals surface area (Å²) >= 11 is 2.96. The van der Waals surface area contributed by atoms with Crippen LogP contribution in [0.2, 0.25) is 0 Å². The number of carbonyl (C=O) groups is 1. The Labute approximate surface area is 112 Å². The second-order valence-electron chi connectivity index (χ2n) is 3.75. The van der Waals surface area contributed by atoms with E-state index in [4.69, 9.17) is 0 Å². The number of hydrogen-bond acceptors (Lipinski definition) is 1. The Kier molecular flexibility index (Phi) is 4.65. The van der Waals surface area contributed by atoms with Gasteiger partial charge in [-0.25, -0.2) is 0 Å². The van der Waals surface area contributed by atoms with E-state index in [2.05, 4.69) is 15.9 Å². The molecule has 0 heterocycles. The van der Waals surface area contributed by atoms with E-state index < -0.39 is 30.5 Å². The smallest absolute Gasteiger partial charge is 0.298 e. The van der Waals surface area contributed by atoms with Crippen LogP contribution in [0.4, 0.5) is 26.3 Å². The van der Waals surface area contributed by atoms with Crippen LogP contribution in [0.3, 0.4) is 0 Å². The summed E-state index contributed by atoms with van der Waals surface area (Å²) in [4.78, 5) is 11.3. The van der Waals surface area contributed by atoms with E-state index in [-0.39, 0.29) is 10.0 Å². The SMILES string of the molecule is O=C(Cc1ccccc1Br)C(C(F)(F)F)C(F)(F)F. The number of benzene rings is 1. The van der Waals surface area contributed by atoms with Crippen molar-refractivity contribution in [1.82, 2.24) is 0 Å². The molecule has 106 valence electrons. The number of ketones is 1. The molecule has 0 fully saturated rings. The molecule has 0 unspecified atom stereocenters. The van der Waals surface area contributed by atoms with Crippen molar-refractivity contribution in [1.29, 1.82) is 0 Å². The molecule has 1 aromatic carbocycles. The molecule has 1 nitrogen and oxygen atoms in total. The molecule has 0 aliphatic carbocycles. The van der Waals surface area contributed by atoms with E-state index in [0.717, 1.165) is 0 Å². The maximum absolute atomic E-state index is 12.3. The van der Waals surface area contributed by atoms with Gasteiger partial charge in [-0.05, 0) is 11.6 Å². The molecule has 19 heavy (non-hydrogen) atoms. The van der Waals surface area contributed by atoms with E-state index in [1.165, 1.54) is 24.3 Å². The molecule has 0 aliphatic heterocycles. The Morgan fingerprint density at radius 1 is 1.05 bits per heavy atom. The Balaban J connectivity index is 3.01. The lowest BCUT2D eigenvalue weighted by molar-refractivity contribution is -0.273. The lowest BCUT2D eigenvalue weighted by Crippen LogP contribution is -2.43. The van der Waals surface area contributed by atoms with E-state index in [1.807, 2.05) is 0 Å². The average molecular weight is 349 g/mol. The predicted octanol–water partition coefficient (Wildman–Crippen LogP) is 4.30. The van der Waals surface area contributed by atoms with Crippen LogP contribution in [0.15, 0.2) is 28.7 Å². The van der Waals surface area contributed by atoms with Gasteiger partial charge in [-0.2, -0.15) is 26.3 Å². The molecule has 0 saturated heterocycles. The summed E-state index contributed by atoms with van der Waals surface area (Å²) < 4.78 is 74.2. The number of halogens is 7. The normalized spacial score (nSPS) is 12.8. The fourth-order valence-corrected chi connectivity index (χ4v) is 1.91. The second kappa shape index (κ2) is 5.52. The van der Waals surface area contributed by atoms with Crippen molar-refractivity contribution in [3.8, 4) is 0 Å². The van der Waals surface area contributed by atoms with Gasteiger partial charge in [-0.3, -0.25) is 4.79 Å². The van der Waals surface area contributed by atoms with Crippen molar-refractivity contribution in [3.05, 3.63) is 34.3 Å². The van der Waals surface area contributed by atoms with Crippen LogP contribution in [0.1, 0.15) is 5.56 Å². The third-order valence-corrected chi connectivity index (χ3v) is 3.07. The van der Waals surface area contributed by atoms with Crippen molar-refractivity contribution >= 4 is 21.7 Å². The highest BCUT2D eigenvalue weighted by atomic mass is 79.9. The van der Waals surface area contributed by atoms with Gasteiger partial charge in [0.25, 0.3) is 0 Å². The zero-order chi connectivity index (χ0) is 14.8. The number of alkyl halides is 6. The van der Waals surface area contributed by atoms with Crippen molar-refractivity contribution in [2.75, 3.05) is 0 Å². The lowest BCUT2D eigenvalue weighted by atomic mass is 9.97. The molecule has 0 bridgehead atoms. The molecule has 0 radical (unpaired) electrons. The Morgan fingerprint density at radius 2 is 1.53 bits per heavy atom. The maximum Gasteiger partial charge on any atom is 0.407 e. The van der Waals surface area contributed by atoms with Crippen molar-refractivity contribution in [2.24, 2.45) is 5.92 Å². The first-order valence-corrected chi connectivity index (χ1v) is 5.72. The van der Waals surface area contributed by atoms with Crippen LogP contribution >= 0.6 is 15.9 Å². The van der Waals surface area contributed by atoms with Crippen LogP contribution in [0, 0.1) is 5.92 Å². The second-order valence-corrected chi connectivity index (χ2v) is 4.61. The van der Waals surface area contributed by atoms with Crippen LogP contribution in [0.5, 0.6) is 0 Å². The molecule has 0 amide bonds.